The molecule has 29 heavy (non-hydrogen) atoms. The maximum atomic E-state index is 10.5. The highest BCUT2D eigenvalue weighted by Crippen LogP contribution is 2.25. The van der Waals surface area contributed by atoms with Crippen LogP contribution in [-0.2, 0) is 6.54 Å². The highest BCUT2D eigenvalue weighted by molar-refractivity contribution is 5.33. The van der Waals surface area contributed by atoms with Crippen molar-refractivity contribution in [3.8, 4) is 5.75 Å². The predicted molar refractivity (Wildman–Crippen MR) is 119 cm³/mol. The number of nitrogens with zero attached hydrogens (tertiary/aromatic N) is 3. The Balaban J connectivity index is 1.51. The van der Waals surface area contributed by atoms with E-state index in [4.69, 9.17) is 4.74 Å². The van der Waals surface area contributed by atoms with E-state index in [2.05, 4.69) is 54.8 Å². The van der Waals surface area contributed by atoms with E-state index in [1.807, 2.05) is 12.1 Å². The van der Waals surface area contributed by atoms with Gasteiger partial charge in [0.25, 0.3) is 0 Å². The Hall–Kier alpha value is -1.14. The molecule has 1 aliphatic heterocycles. The molecule has 164 valence electrons. The van der Waals surface area contributed by atoms with Gasteiger partial charge in [-0.3, -0.25) is 9.80 Å². The van der Waals surface area contributed by atoms with Crippen LogP contribution in [0.3, 0.4) is 0 Å². The van der Waals surface area contributed by atoms with Gasteiger partial charge < -0.3 is 14.7 Å². The smallest absolute Gasteiger partial charge is 0.123 e. The van der Waals surface area contributed by atoms with Crippen molar-refractivity contribution in [1.29, 1.82) is 0 Å². The van der Waals surface area contributed by atoms with E-state index in [0.717, 1.165) is 31.9 Å². The van der Waals surface area contributed by atoms with Gasteiger partial charge in [-0.05, 0) is 46.9 Å². The molecule has 2 aliphatic rings. The second-order valence-corrected chi connectivity index (χ2v) is 9.75. The number of likely N-dealkylation sites (N-methyl/N-ethyl adjacent to an activating group) is 2. The highest BCUT2D eigenvalue weighted by Gasteiger charge is 2.31. The first-order valence-electron chi connectivity index (χ1n) is 11.4. The Labute approximate surface area is 177 Å². The maximum Gasteiger partial charge on any atom is 0.123 e. The van der Waals surface area contributed by atoms with Crippen LogP contribution in [0.4, 0.5) is 0 Å². The molecule has 1 saturated heterocycles. The molecule has 0 unspecified atom stereocenters. The number of hydrogen-bond donors (Lipinski definition) is 1. The van der Waals surface area contributed by atoms with Crippen LogP contribution in [0.2, 0.25) is 0 Å². The largest absolute Gasteiger partial charge is 0.491 e. The zero-order valence-corrected chi connectivity index (χ0v) is 18.9. The van der Waals surface area contributed by atoms with Crippen molar-refractivity contribution in [2.24, 2.45) is 0 Å². The van der Waals surface area contributed by atoms with Crippen LogP contribution in [0.5, 0.6) is 5.75 Å². The zero-order valence-electron chi connectivity index (χ0n) is 18.9. The lowest BCUT2D eigenvalue weighted by Gasteiger charge is -2.45. The molecule has 0 bridgehead atoms. The van der Waals surface area contributed by atoms with Crippen molar-refractivity contribution in [3.05, 3.63) is 29.8 Å². The number of aliphatic hydroxyl groups is 1. The van der Waals surface area contributed by atoms with E-state index in [1.165, 1.54) is 37.7 Å². The monoisotopic (exact) mass is 403 g/mol. The first-order chi connectivity index (χ1) is 13.8. The maximum absolute atomic E-state index is 10.5. The minimum absolute atomic E-state index is 0.188. The van der Waals surface area contributed by atoms with Gasteiger partial charge in [0, 0.05) is 49.9 Å². The summed E-state index contributed by atoms with van der Waals surface area (Å²) < 4.78 is 6.09. The van der Waals surface area contributed by atoms with Crippen molar-refractivity contribution < 1.29 is 9.84 Å². The molecule has 3 rings (SSSR count). The molecule has 1 heterocycles. The lowest BCUT2D eigenvalue weighted by atomic mass is 9.94. The standard InChI is InChI=1S/C24H41N3O2/c1-24(2)19-27(15-14-26(24)4)16-20-10-8-9-13-23(20)29-18-22(28)17-25(3)21-11-6-5-7-12-21/h8-10,13,21-22,28H,5-7,11-12,14-19H2,1-4H3/t22-/m0/s1. The van der Waals surface area contributed by atoms with Gasteiger partial charge >= 0.3 is 0 Å². The molecule has 2 fully saturated rings. The summed E-state index contributed by atoms with van der Waals surface area (Å²) in [6.45, 7) is 9.74. The summed E-state index contributed by atoms with van der Waals surface area (Å²) in [6.07, 6.45) is 6.05. The van der Waals surface area contributed by atoms with Crippen molar-refractivity contribution in [2.75, 3.05) is 46.9 Å². The van der Waals surface area contributed by atoms with E-state index < -0.39 is 6.10 Å². The third kappa shape index (κ3) is 6.42. The molecule has 5 nitrogen and oxygen atoms in total. The Kier molecular flexibility index (Phi) is 7.97. The van der Waals surface area contributed by atoms with Gasteiger partial charge in [0.1, 0.15) is 18.5 Å². The van der Waals surface area contributed by atoms with Crippen LogP contribution in [-0.4, -0.2) is 84.4 Å². The molecule has 0 radical (unpaired) electrons. The van der Waals surface area contributed by atoms with Crippen molar-refractivity contribution in [1.82, 2.24) is 14.7 Å². The fourth-order valence-electron chi connectivity index (χ4n) is 4.73. The molecule has 1 aliphatic carbocycles. The average molecular weight is 404 g/mol. The number of benzene rings is 1. The average Bonchev–Trinajstić information content (AvgIpc) is 2.70. The summed E-state index contributed by atoms with van der Waals surface area (Å²) in [4.78, 5) is 7.27. The van der Waals surface area contributed by atoms with Gasteiger partial charge in [-0.25, -0.2) is 0 Å². The molecular weight excluding hydrogens is 362 g/mol. The Morgan fingerprint density at radius 1 is 1.17 bits per heavy atom. The van der Waals surface area contributed by atoms with Gasteiger partial charge in [-0.2, -0.15) is 0 Å². The third-order valence-corrected chi connectivity index (χ3v) is 6.89. The van der Waals surface area contributed by atoms with E-state index in [0.29, 0.717) is 19.2 Å². The number of aliphatic hydroxyl groups excluding tert-OH is 1. The number of ether oxygens (including phenoxy) is 1. The lowest BCUT2D eigenvalue weighted by Crippen LogP contribution is -2.57. The van der Waals surface area contributed by atoms with Crippen molar-refractivity contribution >= 4 is 0 Å². The molecule has 1 aromatic carbocycles. The third-order valence-electron chi connectivity index (χ3n) is 6.89. The minimum Gasteiger partial charge on any atom is -0.491 e. The Bertz CT molecular complexity index is 630. The van der Waals surface area contributed by atoms with Crippen LogP contribution < -0.4 is 4.74 Å². The first-order valence-corrected chi connectivity index (χ1v) is 11.4. The molecule has 0 spiro atoms. The fraction of sp³-hybridized carbons (Fsp3) is 0.750. The predicted octanol–water partition coefficient (Wildman–Crippen LogP) is 3.22. The topological polar surface area (TPSA) is 39.2 Å². The molecule has 1 atom stereocenters. The highest BCUT2D eigenvalue weighted by atomic mass is 16.5. The Morgan fingerprint density at radius 3 is 2.62 bits per heavy atom. The summed E-state index contributed by atoms with van der Waals surface area (Å²) in [7, 11) is 4.35. The summed E-state index contributed by atoms with van der Waals surface area (Å²) >= 11 is 0. The zero-order chi connectivity index (χ0) is 20.9. The van der Waals surface area contributed by atoms with Crippen LogP contribution >= 0.6 is 0 Å². The number of para-hydroxylation sites is 1. The second-order valence-electron chi connectivity index (χ2n) is 9.75. The molecular formula is C24H41N3O2. The van der Waals surface area contributed by atoms with Gasteiger partial charge in [0.2, 0.25) is 0 Å². The van der Waals surface area contributed by atoms with E-state index in [1.54, 1.807) is 0 Å². The quantitative estimate of drug-likeness (QED) is 0.722. The van der Waals surface area contributed by atoms with Crippen LogP contribution in [0, 0.1) is 0 Å². The van der Waals surface area contributed by atoms with Crippen LogP contribution in [0.25, 0.3) is 0 Å². The van der Waals surface area contributed by atoms with Gasteiger partial charge in [-0.15, -0.1) is 0 Å². The second kappa shape index (κ2) is 10.3. The van der Waals surface area contributed by atoms with Gasteiger partial charge in [-0.1, -0.05) is 37.5 Å². The van der Waals surface area contributed by atoms with Crippen molar-refractivity contribution in [3.63, 3.8) is 0 Å². The van der Waals surface area contributed by atoms with E-state index in [9.17, 15) is 5.11 Å². The minimum atomic E-state index is -0.461. The molecule has 1 N–H and O–H groups in total. The summed E-state index contributed by atoms with van der Waals surface area (Å²) in [5.41, 5.74) is 1.40. The van der Waals surface area contributed by atoms with Crippen LogP contribution in [0.15, 0.2) is 24.3 Å². The summed E-state index contributed by atoms with van der Waals surface area (Å²) in [5, 5.41) is 10.5. The normalized spacial score (nSPS) is 22.7. The molecule has 0 amide bonds. The van der Waals surface area contributed by atoms with Gasteiger partial charge in [0.05, 0.1) is 0 Å². The summed E-state index contributed by atoms with van der Waals surface area (Å²) in [6, 6.07) is 8.91. The fourth-order valence-corrected chi connectivity index (χ4v) is 4.73. The van der Waals surface area contributed by atoms with Gasteiger partial charge in [0.15, 0.2) is 0 Å². The molecule has 5 heteroatoms. The number of hydrogen-bond acceptors (Lipinski definition) is 5. The Morgan fingerprint density at radius 2 is 1.90 bits per heavy atom. The number of rotatable bonds is 8. The molecule has 1 saturated carbocycles. The SMILES string of the molecule is CN(C[C@H](O)COc1ccccc1CN1CCN(C)C(C)(C)C1)C1CCCCC1. The lowest BCUT2D eigenvalue weighted by molar-refractivity contribution is 0.0346. The van der Waals surface area contributed by atoms with E-state index >= 15 is 0 Å². The van der Waals surface area contributed by atoms with E-state index in [-0.39, 0.29) is 5.54 Å². The summed E-state index contributed by atoms with van der Waals surface area (Å²) in [5.74, 6) is 0.906. The van der Waals surface area contributed by atoms with Crippen molar-refractivity contribution in [2.45, 2.75) is 70.2 Å². The molecule has 0 aromatic heterocycles. The first kappa shape index (κ1) is 22.5. The number of piperazine rings is 1. The molecule has 1 aromatic rings. The van der Waals surface area contributed by atoms with Crippen LogP contribution in [0.1, 0.15) is 51.5 Å².